The van der Waals surface area contributed by atoms with Gasteiger partial charge in [0.25, 0.3) is 0 Å². The molecule has 1 atom stereocenters. The van der Waals surface area contributed by atoms with Gasteiger partial charge in [0.15, 0.2) is 0 Å². The van der Waals surface area contributed by atoms with E-state index in [1.165, 1.54) is 0 Å². The zero-order chi connectivity index (χ0) is 15.7. The van der Waals surface area contributed by atoms with Crippen LogP contribution in [0.5, 0.6) is 0 Å². The van der Waals surface area contributed by atoms with Crippen molar-refractivity contribution in [3.05, 3.63) is 81.1 Å². The van der Waals surface area contributed by atoms with Gasteiger partial charge in [-0.3, -0.25) is 0 Å². The number of aliphatic hydroxyl groups excluding tert-OH is 1. The van der Waals surface area contributed by atoms with Crippen LogP contribution in [0.15, 0.2) is 54.9 Å². The first-order valence-electron chi connectivity index (χ1n) is 6.62. The summed E-state index contributed by atoms with van der Waals surface area (Å²) in [6.45, 7) is 0. The number of rotatable bonds is 3. The first-order chi connectivity index (χ1) is 10.6. The SMILES string of the molecule is OC(c1ccc(Cl)c(Cl)c1)c1c[nH]cc1-c1ccccc1Cl. The van der Waals surface area contributed by atoms with Gasteiger partial charge in [0.2, 0.25) is 0 Å². The van der Waals surface area contributed by atoms with Crippen LogP contribution in [-0.2, 0) is 0 Å². The lowest BCUT2D eigenvalue weighted by Crippen LogP contribution is -2.00. The van der Waals surface area contributed by atoms with Gasteiger partial charge in [-0.05, 0) is 23.8 Å². The Morgan fingerprint density at radius 1 is 0.818 bits per heavy atom. The zero-order valence-corrected chi connectivity index (χ0v) is 13.6. The van der Waals surface area contributed by atoms with Crippen molar-refractivity contribution in [2.24, 2.45) is 0 Å². The van der Waals surface area contributed by atoms with Gasteiger partial charge < -0.3 is 10.1 Å². The average molecular weight is 353 g/mol. The van der Waals surface area contributed by atoms with E-state index in [0.717, 1.165) is 16.7 Å². The highest BCUT2D eigenvalue weighted by molar-refractivity contribution is 6.42. The Morgan fingerprint density at radius 3 is 2.32 bits per heavy atom. The number of hydrogen-bond donors (Lipinski definition) is 2. The van der Waals surface area contributed by atoms with Crippen LogP contribution < -0.4 is 0 Å². The number of aromatic nitrogens is 1. The molecule has 3 rings (SSSR count). The van der Waals surface area contributed by atoms with Crippen LogP contribution in [0.3, 0.4) is 0 Å². The summed E-state index contributed by atoms with van der Waals surface area (Å²) in [5.41, 5.74) is 3.11. The molecule has 2 nitrogen and oxygen atoms in total. The molecule has 0 spiro atoms. The lowest BCUT2D eigenvalue weighted by molar-refractivity contribution is 0.221. The van der Waals surface area contributed by atoms with E-state index in [2.05, 4.69) is 4.98 Å². The molecule has 0 aliphatic rings. The molecule has 0 amide bonds. The molecule has 0 aliphatic carbocycles. The third-order valence-corrected chi connectivity index (χ3v) is 4.56. The van der Waals surface area contributed by atoms with E-state index in [-0.39, 0.29) is 0 Å². The van der Waals surface area contributed by atoms with Gasteiger partial charge in [-0.2, -0.15) is 0 Å². The molecule has 5 heteroatoms. The standard InChI is InChI=1S/C17H12Cl3NO/c18-14-4-2-1-3-11(14)12-8-21-9-13(12)17(22)10-5-6-15(19)16(20)7-10/h1-9,17,21-22H. The average Bonchev–Trinajstić information content (AvgIpc) is 2.99. The van der Waals surface area contributed by atoms with Crippen LogP contribution in [0, 0.1) is 0 Å². The maximum absolute atomic E-state index is 10.7. The topological polar surface area (TPSA) is 36.0 Å². The van der Waals surface area contributed by atoms with Crippen LogP contribution in [0.4, 0.5) is 0 Å². The molecule has 0 saturated heterocycles. The molecule has 0 aliphatic heterocycles. The van der Waals surface area contributed by atoms with Gasteiger partial charge in [-0.25, -0.2) is 0 Å². The number of hydrogen-bond acceptors (Lipinski definition) is 1. The molecule has 0 saturated carbocycles. The van der Waals surface area contributed by atoms with Gasteiger partial charge in [0.05, 0.1) is 10.0 Å². The van der Waals surface area contributed by atoms with E-state index in [4.69, 9.17) is 34.8 Å². The van der Waals surface area contributed by atoms with E-state index in [1.807, 2.05) is 30.5 Å². The molecule has 0 bridgehead atoms. The Morgan fingerprint density at radius 2 is 1.59 bits per heavy atom. The van der Waals surface area contributed by atoms with Crippen LogP contribution in [-0.4, -0.2) is 10.1 Å². The van der Waals surface area contributed by atoms with E-state index < -0.39 is 6.10 Å². The molecule has 0 radical (unpaired) electrons. The maximum atomic E-state index is 10.7. The maximum Gasteiger partial charge on any atom is 0.106 e. The van der Waals surface area contributed by atoms with Crippen molar-refractivity contribution in [1.82, 2.24) is 4.98 Å². The fourth-order valence-electron chi connectivity index (χ4n) is 2.38. The minimum Gasteiger partial charge on any atom is -0.384 e. The van der Waals surface area contributed by atoms with Gasteiger partial charge in [-0.15, -0.1) is 0 Å². The Bertz CT molecular complexity index is 813. The van der Waals surface area contributed by atoms with Crippen molar-refractivity contribution < 1.29 is 5.11 Å². The van der Waals surface area contributed by atoms with E-state index in [1.54, 1.807) is 24.4 Å². The number of H-pyrrole nitrogens is 1. The van der Waals surface area contributed by atoms with Crippen molar-refractivity contribution in [2.75, 3.05) is 0 Å². The summed E-state index contributed by atoms with van der Waals surface area (Å²) >= 11 is 18.2. The first-order valence-corrected chi connectivity index (χ1v) is 7.76. The predicted molar refractivity (Wildman–Crippen MR) is 91.8 cm³/mol. The van der Waals surface area contributed by atoms with Crippen LogP contribution in [0.2, 0.25) is 15.1 Å². The Kier molecular flexibility index (Phi) is 4.46. The minimum atomic E-state index is -0.827. The summed E-state index contributed by atoms with van der Waals surface area (Å²) in [5.74, 6) is 0. The number of aliphatic hydroxyl groups is 1. The summed E-state index contributed by atoms with van der Waals surface area (Å²) in [7, 11) is 0. The fraction of sp³-hybridized carbons (Fsp3) is 0.0588. The lowest BCUT2D eigenvalue weighted by Gasteiger charge is -2.14. The highest BCUT2D eigenvalue weighted by Gasteiger charge is 2.18. The van der Waals surface area contributed by atoms with Crippen molar-refractivity contribution in [3.8, 4) is 11.1 Å². The normalized spacial score (nSPS) is 12.4. The summed E-state index contributed by atoms with van der Waals surface area (Å²) in [5, 5.41) is 12.2. The highest BCUT2D eigenvalue weighted by Crippen LogP contribution is 2.36. The summed E-state index contributed by atoms with van der Waals surface area (Å²) in [4.78, 5) is 3.02. The van der Waals surface area contributed by atoms with Gasteiger partial charge in [-0.1, -0.05) is 59.1 Å². The highest BCUT2D eigenvalue weighted by atomic mass is 35.5. The summed E-state index contributed by atoms with van der Waals surface area (Å²) in [6, 6.07) is 12.6. The smallest absolute Gasteiger partial charge is 0.106 e. The predicted octanol–water partition coefficient (Wildman–Crippen LogP) is 5.72. The Balaban J connectivity index is 2.04. The molecule has 1 unspecified atom stereocenters. The Hall–Kier alpha value is -1.45. The number of halogens is 3. The third-order valence-electron chi connectivity index (χ3n) is 3.50. The van der Waals surface area contributed by atoms with Crippen molar-refractivity contribution in [2.45, 2.75) is 6.10 Å². The molecule has 3 aromatic rings. The molecular formula is C17H12Cl3NO. The van der Waals surface area contributed by atoms with Crippen molar-refractivity contribution >= 4 is 34.8 Å². The zero-order valence-electron chi connectivity index (χ0n) is 11.4. The monoisotopic (exact) mass is 351 g/mol. The van der Waals surface area contributed by atoms with Crippen LogP contribution in [0.1, 0.15) is 17.2 Å². The van der Waals surface area contributed by atoms with Crippen molar-refractivity contribution in [1.29, 1.82) is 0 Å². The number of nitrogens with one attached hydrogen (secondary N) is 1. The summed E-state index contributed by atoms with van der Waals surface area (Å²) < 4.78 is 0. The molecule has 1 heterocycles. The number of aromatic amines is 1. The molecule has 2 aromatic carbocycles. The largest absolute Gasteiger partial charge is 0.384 e. The van der Waals surface area contributed by atoms with Crippen LogP contribution in [0.25, 0.3) is 11.1 Å². The van der Waals surface area contributed by atoms with Crippen LogP contribution >= 0.6 is 34.8 Å². The second kappa shape index (κ2) is 6.35. The molecule has 112 valence electrons. The van der Waals surface area contributed by atoms with E-state index in [9.17, 15) is 5.11 Å². The lowest BCUT2D eigenvalue weighted by atomic mass is 9.97. The second-order valence-corrected chi connectivity index (χ2v) is 6.10. The minimum absolute atomic E-state index is 0.410. The first kappa shape index (κ1) is 15.4. The fourth-order valence-corrected chi connectivity index (χ4v) is 2.92. The summed E-state index contributed by atoms with van der Waals surface area (Å²) in [6.07, 6.45) is 2.75. The van der Waals surface area contributed by atoms with Gasteiger partial charge in [0, 0.05) is 34.1 Å². The molecular weight excluding hydrogens is 341 g/mol. The molecule has 22 heavy (non-hydrogen) atoms. The molecule has 0 fully saturated rings. The number of benzene rings is 2. The molecule has 2 N–H and O–H groups in total. The Labute approximate surface area is 143 Å². The van der Waals surface area contributed by atoms with Gasteiger partial charge in [0.1, 0.15) is 6.10 Å². The quantitative estimate of drug-likeness (QED) is 0.621. The third kappa shape index (κ3) is 2.88. The van der Waals surface area contributed by atoms with Crippen molar-refractivity contribution in [3.63, 3.8) is 0 Å². The molecule has 1 aromatic heterocycles. The van der Waals surface area contributed by atoms with E-state index >= 15 is 0 Å². The van der Waals surface area contributed by atoms with E-state index in [0.29, 0.717) is 20.6 Å². The van der Waals surface area contributed by atoms with Gasteiger partial charge >= 0.3 is 0 Å². The second-order valence-electron chi connectivity index (χ2n) is 4.88.